The van der Waals surface area contributed by atoms with E-state index in [1.807, 2.05) is 47.8 Å². The number of thiophene rings is 1. The van der Waals surface area contributed by atoms with Crippen LogP contribution in [0.15, 0.2) is 53.5 Å². The van der Waals surface area contributed by atoms with E-state index in [1.165, 1.54) is 30.2 Å². The zero-order valence-corrected chi connectivity index (χ0v) is 19.1. The molecule has 162 valence electrons. The number of carbonyl (C=O) groups is 2. The third kappa shape index (κ3) is 5.33. The van der Waals surface area contributed by atoms with Crippen LogP contribution < -0.4 is 10.2 Å². The molecule has 0 aliphatic carbocycles. The van der Waals surface area contributed by atoms with Crippen molar-refractivity contribution in [3.63, 3.8) is 0 Å². The van der Waals surface area contributed by atoms with E-state index in [0.717, 1.165) is 11.3 Å². The Bertz CT molecular complexity index is 1090. The molecule has 8 nitrogen and oxygen atoms in total. The summed E-state index contributed by atoms with van der Waals surface area (Å²) in [6, 6.07) is 9.62. The lowest BCUT2D eigenvalue weighted by Crippen LogP contribution is -2.16. The molecule has 1 aromatic carbocycles. The number of thioether (sulfide) groups is 1. The molecule has 10 heteroatoms. The second kappa shape index (κ2) is 10.3. The number of hydrogen-bond acceptors (Lipinski definition) is 8. The van der Waals surface area contributed by atoms with E-state index in [2.05, 4.69) is 22.1 Å². The number of amides is 1. The smallest absolute Gasteiger partial charge is 0.340 e. The zero-order chi connectivity index (χ0) is 22.4. The number of nitrogens with zero attached hydrogens (tertiary/aromatic N) is 4. The van der Waals surface area contributed by atoms with Gasteiger partial charge < -0.3 is 15.0 Å². The fraction of sp³-hybridized carbons (Fsp3) is 0.238. The lowest BCUT2D eigenvalue weighted by atomic mass is 10.2. The van der Waals surface area contributed by atoms with Crippen LogP contribution in [-0.2, 0) is 16.1 Å². The number of aromatic nitrogens is 3. The SMILES string of the molecule is C=CCn1c(SCC(=O)Nc2sccc2C(=O)OC)nnc1-c1cccc(N(C)C)c1. The number of esters is 1. The van der Waals surface area contributed by atoms with Gasteiger partial charge in [-0.05, 0) is 23.6 Å². The number of methoxy groups -OCH3 is 1. The van der Waals surface area contributed by atoms with Gasteiger partial charge in [0.25, 0.3) is 0 Å². The van der Waals surface area contributed by atoms with Gasteiger partial charge in [0.2, 0.25) is 5.91 Å². The molecule has 0 saturated carbocycles. The van der Waals surface area contributed by atoms with Crippen molar-refractivity contribution < 1.29 is 14.3 Å². The van der Waals surface area contributed by atoms with Crippen LogP contribution in [0.2, 0.25) is 0 Å². The molecular formula is C21H23N5O3S2. The van der Waals surface area contributed by atoms with E-state index in [4.69, 9.17) is 4.74 Å². The molecule has 0 radical (unpaired) electrons. The van der Waals surface area contributed by atoms with Crippen molar-refractivity contribution in [3.05, 3.63) is 53.9 Å². The summed E-state index contributed by atoms with van der Waals surface area (Å²) in [7, 11) is 5.26. The molecule has 0 aliphatic rings. The minimum atomic E-state index is -0.487. The predicted molar refractivity (Wildman–Crippen MR) is 125 cm³/mol. The summed E-state index contributed by atoms with van der Waals surface area (Å²) >= 11 is 2.54. The average Bonchev–Trinajstić information content (AvgIpc) is 3.39. The lowest BCUT2D eigenvalue weighted by molar-refractivity contribution is -0.113. The summed E-state index contributed by atoms with van der Waals surface area (Å²) in [5, 5.41) is 14.2. The number of anilines is 2. The molecule has 0 atom stereocenters. The predicted octanol–water partition coefficient (Wildman–Crippen LogP) is 3.78. The van der Waals surface area contributed by atoms with Gasteiger partial charge in [-0.15, -0.1) is 28.1 Å². The Labute approximate surface area is 188 Å². The third-order valence-electron chi connectivity index (χ3n) is 4.31. The lowest BCUT2D eigenvalue weighted by Gasteiger charge is -2.14. The largest absolute Gasteiger partial charge is 0.465 e. The maximum Gasteiger partial charge on any atom is 0.340 e. The molecule has 31 heavy (non-hydrogen) atoms. The molecule has 0 saturated heterocycles. The fourth-order valence-corrected chi connectivity index (χ4v) is 4.33. The molecule has 0 aliphatic heterocycles. The van der Waals surface area contributed by atoms with Crippen molar-refractivity contribution in [1.29, 1.82) is 0 Å². The van der Waals surface area contributed by atoms with Crippen molar-refractivity contribution in [2.24, 2.45) is 0 Å². The molecule has 2 heterocycles. The van der Waals surface area contributed by atoms with Gasteiger partial charge in [-0.3, -0.25) is 9.36 Å². The van der Waals surface area contributed by atoms with Crippen LogP contribution in [0.4, 0.5) is 10.7 Å². The van der Waals surface area contributed by atoms with E-state index in [0.29, 0.717) is 28.1 Å². The molecule has 0 fully saturated rings. The quantitative estimate of drug-likeness (QED) is 0.297. The van der Waals surface area contributed by atoms with Gasteiger partial charge in [0.1, 0.15) is 5.00 Å². The van der Waals surface area contributed by atoms with Crippen LogP contribution in [0.1, 0.15) is 10.4 Å². The van der Waals surface area contributed by atoms with Gasteiger partial charge >= 0.3 is 5.97 Å². The molecule has 3 rings (SSSR count). The highest BCUT2D eigenvalue weighted by atomic mass is 32.2. The molecule has 0 unspecified atom stereocenters. The number of carbonyl (C=O) groups excluding carboxylic acids is 2. The Morgan fingerprint density at radius 2 is 2.13 bits per heavy atom. The van der Waals surface area contributed by atoms with Gasteiger partial charge in [0.05, 0.1) is 18.4 Å². The summed E-state index contributed by atoms with van der Waals surface area (Å²) in [5.74, 6) is 0.0881. The molecule has 1 amide bonds. The number of benzene rings is 1. The minimum Gasteiger partial charge on any atom is -0.465 e. The van der Waals surface area contributed by atoms with Crippen LogP contribution in [0, 0.1) is 0 Å². The Balaban J connectivity index is 1.75. The zero-order valence-electron chi connectivity index (χ0n) is 17.5. The highest BCUT2D eigenvalue weighted by molar-refractivity contribution is 7.99. The van der Waals surface area contributed by atoms with Crippen LogP contribution in [0.3, 0.4) is 0 Å². The topological polar surface area (TPSA) is 89.3 Å². The summed E-state index contributed by atoms with van der Waals surface area (Å²) in [4.78, 5) is 26.2. The van der Waals surface area contributed by atoms with Crippen molar-refractivity contribution in [3.8, 4) is 11.4 Å². The van der Waals surface area contributed by atoms with E-state index in [9.17, 15) is 9.59 Å². The Hall–Kier alpha value is -3.11. The van der Waals surface area contributed by atoms with Gasteiger partial charge in [-0.1, -0.05) is 30.0 Å². The second-order valence-electron chi connectivity index (χ2n) is 6.64. The molecule has 0 spiro atoms. The first kappa shape index (κ1) is 22.6. The number of rotatable bonds is 9. The first-order chi connectivity index (χ1) is 14.9. The van der Waals surface area contributed by atoms with Crippen LogP contribution >= 0.6 is 23.1 Å². The fourth-order valence-electron chi connectivity index (χ4n) is 2.80. The Morgan fingerprint density at radius 3 is 2.84 bits per heavy atom. The van der Waals surface area contributed by atoms with E-state index in [1.54, 1.807) is 17.5 Å². The average molecular weight is 458 g/mol. The summed E-state index contributed by atoms with van der Waals surface area (Å²) in [6.07, 6.45) is 1.76. The van der Waals surface area contributed by atoms with E-state index >= 15 is 0 Å². The molecule has 1 N–H and O–H groups in total. The Kier molecular flexibility index (Phi) is 7.48. The van der Waals surface area contributed by atoms with Gasteiger partial charge in [-0.2, -0.15) is 0 Å². The third-order valence-corrected chi connectivity index (χ3v) is 6.10. The normalized spacial score (nSPS) is 10.5. The first-order valence-electron chi connectivity index (χ1n) is 9.35. The summed E-state index contributed by atoms with van der Waals surface area (Å²) in [6.45, 7) is 4.33. The molecule has 2 aromatic heterocycles. The summed E-state index contributed by atoms with van der Waals surface area (Å²) in [5.41, 5.74) is 2.32. The van der Waals surface area contributed by atoms with Crippen molar-refractivity contribution in [2.75, 3.05) is 37.2 Å². The number of nitrogens with one attached hydrogen (secondary N) is 1. The van der Waals surface area contributed by atoms with Crippen LogP contribution in [-0.4, -0.2) is 53.6 Å². The van der Waals surface area contributed by atoms with Gasteiger partial charge in [0.15, 0.2) is 11.0 Å². The minimum absolute atomic E-state index is 0.117. The second-order valence-corrected chi connectivity index (χ2v) is 8.50. The Morgan fingerprint density at radius 1 is 1.32 bits per heavy atom. The first-order valence-corrected chi connectivity index (χ1v) is 11.2. The maximum atomic E-state index is 12.5. The van der Waals surface area contributed by atoms with Crippen LogP contribution in [0.5, 0.6) is 0 Å². The van der Waals surface area contributed by atoms with E-state index < -0.39 is 5.97 Å². The van der Waals surface area contributed by atoms with Crippen molar-refractivity contribution in [1.82, 2.24) is 14.8 Å². The highest BCUT2D eigenvalue weighted by Gasteiger charge is 2.18. The number of hydrogen-bond donors (Lipinski definition) is 1. The maximum absolute atomic E-state index is 12.5. The number of ether oxygens (including phenoxy) is 1. The molecule has 3 aromatic rings. The van der Waals surface area contributed by atoms with Gasteiger partial charge in [0, 0.05) is 31.9 Å². The summed E-state index contributed by atoms with van der Waals surface area (Å²) < 4.78 is 6.66. The molecule has 0 bridgehead atoms. The monoisotopic (exact) mass is 457 g/mol. The molecular weight excluding hydrogens is 434 g/mol. The number of allylic oxidation sites excluding steroid dienone is 1. The van der Waals surface area contributed by atoms with Crippen molar-refractivity contribution in [2.45, 2.75) is 11.7 Å². The van der Waals surface area contributed by atoms with Crippen molar-refractivity contribution >= 4 is 45.7 Å². The highest BCUT2D eigenvalue weighted by Crippen LogP contribution is 2.28. The van der Waals surface area contributed by atoms with E-state index in [-0.39, 0.29) is 11.7 Å². The van der Waals surface area contributed by atoms with Gasteiger partial charge in [-0.25, -0.2) is 4.79 Å². The standard InChI is InChI=1S/C21H23N5O3S2/c1-5-10-26-18(14-7-6-8-15(12-14)25(2)3)23-24-21(26)31-13-17(27)22-19-16(9-11-30-19)20(28)29-4/h5-9,11-12H,1,10,13H2,2-4H3,(H,22,27). The van der Waals surface area contributed by atoms with Crippen LogP contribution in [0.25, 0.3) is 11.4 Å².